The number of halogens is 1. The van der Waals surface area contributed by atoms with Crippen LogP contribution >= 0.6 is 11.6 Å². The Kier molecular flexibility index (Phi) is 2.82. The summed E-state index contributed by atoms with van der Waals surface area (Å²) in [6, 6.07) is 0. The maximum Gasteiger partial charge on any atom is 0.271 e. The van der Waals surface area contributed by atoms with Crippen LogP contribution in [0, 0.1) is 11.8 Å². The minimum Gasteiger partial charge on any atom is -0.355 e. The maximum atomic E-state index is 11.5. The number of rotatable bonds is 1. The Morgan fingerprint density at radius 3 is 2.76 bits per heavy atom. The van der Waals surface area contributed by atoms with Crippen molar-refractivity contribution in [2.24, 2.45) is 11.8 Å². The molecule has 4 nitrogen and oxygen atoms in total. The standard InChI is InChI=1S/C12H16ClN3O/c13-10-11(14-7-15-12(10)17)16-5-8-2-1-3-9(4-8)6-16/h7-9H,1-6H2,(H,14,15,17). The van der Waals surface area contributed by atoms with Crippen molar-refractivity contribution in [2.75, 3.05) is 18.0 Å². The Hall–Kier alpha value is -1.03. The van der Waals surface area contributed by atoms with Crippen molar-refractivity contribution in [3.05, 3.63) is 21.7 Å². The van der Waals surface area contributed by atoms with Gasteiger partial charge in [0, 0.05) is 13.1 Å². The molecule has 2 heterocycles. The number of aromatic amines is 1. The van der Waals surface area contributed by atoms with Crippen molar-refractivity contribution in [2.45, 2.75) is 25.7 Å². The average molecular weight is 254 g/mol. The average Bonchev–Trinajstić information content (AvgIpc) is 2.32. The van der Waals surface area contributed by atoms with E-state index in [1.165, 1.54) is 32.0 Å². The van der Waals surface area contributed by atoms with Crippen LogP contribution in [0.15, 0.2) is 11.1 Å². The van der Waals surface area contributed by atoms with Gasteiger partial charge in [-0.2, -0.15) is 0 Å². The Balaban J connectivity index is 1.89. The third-order valence-electron chi connectivity index (χ3n) is 3.93. The molecule has 2 bridgehead atoms. The van der Waals surface area contributed by atoms with Crippen LogP contribution in [0.25, 0.3) is 0 Å². The van der Waals surface area contributed by atoms with E-state index in [9.17, 15) is 4.79 Å². The summed E-state index contributed by atoms with van der Waals surface area (Å²) in [7, 11) is 0. The molecule has 2 fully saturated rings. The van der Waals surface area contributed by atoms with Gasteiger partial charge in [-0.25, -0.2) is 4.98 Å². The molecule has 1 saturated carbocycles. The van der Waals surface area contributed by atoms with Gasteiger partial charge in [-0.1, -0.05) is 18.0 Å². The quantitative estimate of drug-likeness (QED) is 0.833. The lowest BCUT2D eigenvalue weighted by Crippen LogP contribution is -2.43. The largest absolute Gasteiger partial charge is 0.355 e. The smallest absolute Gasteiger partial charge is 0.271 e. The van der Waals surface area contributed by atoms with Crippen molar-refractivity contribution in [1.29, 1.82) is 0 Å². The van der Waals surface area contributed by atoms with Crippen LogP contribution in [0.1, 0.15) is 25.7 Å². The minimum atomic E-state index is -0.243. The fourth-order valence-corrected chi connectivity index (χ4v) is 3.42. The second-order valence-corrected chi connectivity index (χ2v) is 5.55. The molecule has 1 aromatic heterocycles. The second-order valence-electron chi connectivity index (χ2n) is 5.17. The zero-order valence-electron chi connectivity index (χ0n) is 9.66. The summed E-state index contributed by atoms with van der Waals surface area (Å²) in [5, 5.41) is 0.229. The van der Waals surface area contributed by atoms with Crippen LogP contribution in [-0.4, -0.2) is 23.1 Å². The Morgan fingerprint density at radius 2 is 2.06 bits per heavy atom. The number of nitrogens with zero attached hydrogens (tertiary/aromatic N) is 2. The Bertz CT molecular complexity index is 461. The molecule has 1 saturated heterocycles. The molecule has 0 spiro atoms. The molecule has 0 radical (unpaired) electrons. The Morgan fingerprint density at radius 1 is 1.35 bits per heavy atom. The zero-order valence-corrected chi connectivity index (χ0v) is 10.4. The van der Waals surface area contributed by atoms with Gasteiger partial charge in [-0.15, -0.1) is 0 Å². The number of H-pyrrole nitrogens is 1. The van der Waals surface area contributed by atoms with Gasteiger partial charge < -0.3 is 9.88 Å². The fraction of sp³-hybridized carbons (Fsp3) is 0.667. The van der Waals surface area contributed by atoms with Crippen LogP contribution in [0.4, 0.5) is 5.82 Å². The van der Waals surface area contributed by atoms with Gasteiger partial charge in [-0.3, -0.25) is 4.79 Å². The first kappa shape index (κ1) is 11.1. The summed E-state index contributed by atoms with van der Waals surface area (Å²) < 4.78 is 0. The fourth-order valence-electron chi connectivity index (χ4n) is 3.20. The van der Waals surface area contributed by atoms with E-state index in [1.807, 2.05) is 0 Å². The van der Waals surface area contributed by atoms with E-state index in [1.54, 1.807) is 0 Å². The van der Waals surface area contributed by atoms with Gasteiger partial charge in [-0.05, 0) is 31.1 Å². The van der Waals surface area contributed by atoms with Gasteiger partial charge >= 0.3 is 0 Å². The molecule has 0 amide bonds. The number of anilines is 1. The number of nitrogens with one attached hydrogen (secondary N) is 1. The molecule has 2 unspecified atom stereocenters. The van der Waals surface area contributed by atoms with E-state index in [2.05, 4.69) is 14.9 Å². The third kappa shape index (κ3) is 2.06. The molecule has 1 aromatic rings. The van der Waals surface area contributed by atoms with Crippen LogP contribution in [-0.2, 0) is 0 Å². The third-order valence-corrected chi connectivity index (χ3v) is 4.27. The minimum absolute atomic E-state index is 0.229. The van der Waals surface area contributed by atoms with E-state index in [-0.39, 0.29) is 10.6 Å². The number of hydrogen-bond donors (Lipinski definition) is 1. The second kappa shape index (κ2) is 4.33. The predicted molar refractivity (Wildman–Crippen MR) is 67.5 cm³/mol. The lowest BCUT2D eigenvalue weighted by Gasteiger charge is -2.42. The highest BCUT2D eigenvalue weighted by atomic mass is 35.5. The molecular weight excluding hydrogens is 238 g/mol. The number of hydrogen-bond acceptors (Lipinski definition) is 3. The van der Waals surface area contributed by atoms with Crippen molar-refractivity contribution in [1.82, 2.24) is 9.97 Å². The van der Waals surface area contributed by atoms with Crippen molar-refractivity contribution in [3.63, 3.8) is 0 Å². The first-order valence-electron chi connectivity index (χ1n) is 6.22. The van der Waals surface area contributed by atoms with Crippen LogP contribution < -0.4 is 10.5 Å². The van der Waals surface area contributed by atoms with E-state index < -0.39 is 0 Å². The molecule has 2 atom stereocenters. The van der Waals surface area contributed by atoms with E-state index >= 15 is 0 Å². The van der Waals surface area contributed by atoms with Gasteiger partial charge in [0.05, 0.1) is 6.33 Å². The highest BCUT2D eigenvalue weighted by Crippen LogP contribution is 2.36. The molecule has 92 valence electrons. The molecule has 0 aromatic carbocycles. The zero-order chi connectivity index (χ0) is 11.8. The molecule has 1 N–H and O–H groups in total. The van der Waals surface area contributed by atoms with Crippen molar-refractivity contribution < 1.29 is 0 Å². The lowest BCUT2D eigenvalue weighted by atomic mass is 9.78. The van der Waals surface area contributed by atoms with Crippen LogP contribution in [0.3, 0.4) is 0 Å². The van der Waals surface area contributed by atoms with E-state index in [0.29, 0.717) is 5.82 Å². The van der Waals surface area contributed by atoms with Gasteiger partial charge in [0.2, 0.25) is 0 Å². The van der Waals surface area contributed by atoms with Gasteiger partial charge in [0.1, 0.15) is 5.02 Å². The molecule has 5 heteroatoms. The van der Waals surface area contributed by atoms with Crippen LogP contribution in [0.5, 0.6) is 0 Å². The van der Waals surface area contributed by atoms with Crippen molar-refractivity contribution >= 4 is 17.4 Å². The topological polar surface area (TPSA) is 49.0 Å². The summed E-state index contributed by atoms with van der Waals surface area (Å²) in [4.78, 5) is 20.4. The Labute approximate surface area is 105 Å². The molecular formula is C12H16ClN3O. The summed E-state index contributed by atoms with van der Waals surface area (Å²) >= 11 is 6.04. The van der Waals surface area contributed by atoms with Crippen LogP contribution in [0.2, 0.25) is 5.02 Å². The predicted octanol–water partition coefficient (Wildman–Crippen LogP) is 2.05. The number of fused-ring (bicyclic) bond motifs is 2. The first-order valence-corrected chi connectivity index (χ1v) is 6.60. The number of piperidine rings is 1. The summed E-state index contributed by atoms with van der Waals surface area (Å²) in [5.74, 6) is 2.16. The molecule has 1 aliphatic heterocycles. The highest BCUT2D eigenvalue weighted by molar-refractivity contribution is 6.32. The number of aromatic nitrogens is 2. The molecule has 17 heavy (non-hydrogen) atoms. The maximum absolute atomic E-state index is 11.5. The van der Waals surface area contributed by atoms with E-state index in [4.69, 9.17) is 11.6 Å². The SMILES string of the molecule is O=c1[nH]cnc(N2CC3CCCC(C3)C2)c1Cl. The van der Waals surface area contributed by atoms with Gasteiger partial charge in [0.15, 0.2) is 5.82 Å². The molecule has 3 rings (SSSR count). The lowest BCUT2D eigenvalue weighted by molar-refractivity contribution is 0.230. The highest BCUT2D eigenvalue weighted by Gasteiger charge is 2.32. The molecule has 2 aliphatic rings. The first-order chi connectivity index (χ1) is 8.24. The monoisotopic (exact) mass is 253 g/mol. The molecule has 1 aliphatic carbocycles. The van der Waals surface area contributed by atoms with E-state index in [0.717, 1.165) is 24.9 Å². The normalized spacial score (nSPS) is 28.2. The van der Waals surface area contributed by atoms with Gasteiger partial charge in [0.25, 0.3) is 5.56 Å². The summed E-state index contributed by atoms with van der Waals surface area (Å²) in [6.07, 6.45) is 6.71. The summed E-state index contributed by atoms with van der Waals surface area (Å²) in [5.41, 5.74) is -0.243. The van der Waals surface area contributed by atoms with Crippen molar-refractivity contribution in [3.8, 4) is 0 Å². The summed E-state index contributed by atoms with van der Waals surface area (Å²) in [6.45, 7) is 1.99.